The van der Waals surface area contributed by atoms with Crippen LogP contribution in [-0.4, -0.2) is 11.0 Å². The highest BCUT2D eigenvalue weighted by atomic mass is 32.2. The van der Waals surface area contributed by atoms with Crippen LogP contribution in [0.4, 0.5) is 5.69 Å². The predicted octanol–water partition coefficient (Wildman–Crippen LogP) is 5.39. The van der Waals surface area contributed by atoms with E-state index in [1.54, 1.807) is 6.08 Å². The Morgan fingerprint density at radius 2 is 1.68 bits per heavy atom. The molecule has 3 heteroatoms. The maximum Gasteiger partial charge on any atom is 0.187 e. The number of anilines is 1. The molecule has 0 spiro atoms. The van der Waals surface area contributed by atoms with Crippen molar-refractivity contribution in [1.82, 2.24) is 0 Å². The number of rotatable bonds is 6. The van der Waals surface area contributed by atoms with Crippen LogP contribution in [0.5, 0.6) is 0 Å². The molecule has 0 bridgehead atoms. The average molecular weight is 311 g/mol. The van der Waals surface area contributed by atoms with Crippen molar-refractivity contribution in [2.24, 2.45) is 0 Å². The molecule has 114 valence electrons. The van der Waals surface area contributed by atoms with Crippen molar-refractivity contribution >= 4 is 23.2 Å². The Hall–Kier alpha value is -2.00. The molecule has 0 aliphatic heterocycles. The molecule has 0 atom stereocenters. The van der Waals surface area contributed by atoms with E-state index >= 15 is 0 Å². The number of ketones is 1. The highest BCUT2D eigenvalue weighted by Gasteiger charge is 2.06. The molecule has 1 N–H and O–H groups in total. The second-order valence-corrected chi connectivity index (χ2v) is 6.96. The van der Waals surface area contributed by atoms with Gasteiger partial charge in [-0.2, -0.15) is 0 Å². The Kier molecular flexibility index (Phi) is 5.84. The van der Waals surface area contributed by atoms with Crippen LogP contribution in [0.15, 0.2) is 71.3 Å². The number of benzene rings is 2. The van der Waals surface area contributed by atoms with Gasteiger partial charge in [0.15, 0.2) is 5.78 Å². The SMILES string of the molecule is C/C(=C/C(=O)c1ccccc1)Nc1ccccc1SC(C)C. The average Bonchev–Trinajstić information content (AvgIpc) is 2.49. The zero-order chi connectivity index (χ0) is 15.9. The van der Waals surface area contributed by atoms with Crippen LogP contribution in [0, 0.1) is 0 Å². The van der Waals surface area contributed by atoms with Gasteiger partial charge in [0.2, 0.25) is 0 Å². The van der Waals surface area contributed by atoms with Crippen molar-refractivity contribution in [3.63, 3.8) is 0 Å². The number of hydrogen-bond acceptors (Lipinski definition) is 3. The van der Waals surface area contributed by atoms with E-state index in [1.165, 1.54) is 4.90 Å². The van der Waals surface area contributed by atoms with Gasteiger partial charge >= 0.3 is 0 Å². The molecule has 2 rings (SSSR count). The van der Waals surface area contributed by atoms with Crippen LogP contribution >= 0.6 is 11.8 Å². The number of nitrogens with one attached hydrogen (secondary N) is 1. The molecule has 22 heavy (non-hydrogen) atoms. The van der Waals surface area contributed by atoms with Crippen LogP contribution in [-0.2, 0) is 0 Å². The van der Waals surface area contributed by atoms with Crippen molar-refractivity contribution in [2.45, 2.75) is 30.9 Å². The van der Waals surface area contributed by atoms with Gasteiger partial charge in [0, 0.05) is 27.5 Å². The topological polar surface area (TPSA) is 29.1 Å². The Balaban J connectivity index is 2.13. The highest BCUT2D eigenvalue weighted by molar-refractivity contribution is 8.00. The molecule has 0 aliphatic rings. The van der Waals surface area contributed by atoms with E-state index in [-0.39, 0.29) is 5.78 Å². The fraction of sp³-hybridized carbons (Fsp3) is 0.211. The minimum Gasteiger partial charge on any atom is -0.358 e. The molecular formula is C19H21NOS. The predicted molar refractivity (Wildman–Crippen MR) is 95.6 cm³/mol. The fourth-order valence-corrected chi connectivity index (χ4v) is 2.97. The van der Waals surface area contributed by atoms with Gasteiger partial charge in [-0.05, 0) is 19.1 Å². The Labute approximate surface area is 136 Å². The first-order valence-corrected chi connectivity index (χ1v) is 8.24. The van der Waals surface area contributed by atoms with Crippen molar-refractivity contribution in [3.8, 4) is 0 Å². The monoisotopic (exact) mass is 311 g/mol. The normalized spacial score (nSPS) is 11.5. The molecule has 0 aromatic heterocycles. The number of para-hydroxylation sites is 1. The molecule has 0 unspecified atom stereocenters. The molecule has 0 aliphatic carbocycles. The first kappa shape index (κ1) is 16.4. The van der Waals surface area contributed by atoms with Crippen LogP contribution in [0.3, 0.4) is 0 Å². The summed E-state index contributed by atoms with van der Waals surface area (Å²) in [5, 5.41) is 3.85. The first-order chi connectivity index (χ1) is 10.6. The minimum absolute atomic E-state index is 0.0135. The standard InChI is InChI=1S/C19H21NOS/c1-14(2)22-19-12-8-7-11-17(19)20-15(3)13-18(21)16-9-5-4-6-10-16/h4-14,20H,1-3H3/b15-13-. The van der Waals surface area contributed by atoms with Gasteiger partial charge in [-0.1, -0.05) is 56.3 Å². The fourth-order valence-electron chi connectivity index (χ4n) is 2.06. The summed E-state index contributed by atoms with van der Waals surface area (Å²) in [6.45, 7) is 6.25. The summed E-state index contributed by atoms with van der Waals surface area (Å²) in [6, 6.07) is 17.5. The second kappa shape index (κ2) is 7.85. The molecule has 2 aromatic carbocycles. The summed E-state index contributed by atoms with van der Waals surface area (Å²) in [5.41, 5.74) is 2.58. The van der Waals surface area contributed by atoms with Gasteiger partial charge in [0.1, 0.15) is 0 Å². The zero-order valence-corrected chi connectivity index (χ0v) is 14.0. The number of carbonyl (C=O) groups is 1. The summed E-state index contributed by atoms with van der Waals surface area (Å²) in [7, 11) is 0. The lowest BCUT2D eigenvalue weighted by molar-refractivity contribution is 0.104. The quantitative estimate of drug-likeness (QED) is 0.441. The number of hydrogen-bond donors (Lipinski definition) is 1. The third-order valence-corrected chi connectivity index (χ3v) is 4.07. The lowest BCUT2D eigenvalue weighted by Gasteiger charge is -2.13. The molecule has 0 fully saturated rings. The molecule has 0 radical (unpaired) electrons. The van der Waals surface area contributed by atoms with E-state index in [0.29, 0.717) is 10.8 Å². The maximum atomic E-state index is 12.2. The van der Waals surface area contributed by atoms with Crippen molar-refractivity contribution in [2.75, 3.05) is 5.32 Å². The number of thioether (sulfide) groups is 1. The van der Waals surface area contributed by atoms with E-state index in [4.69, 9.17) is 0 Å². The molecule has 0 amide bonds. The van der Waals surface area contributed by atoms with E-state index in [2.05, 4.69) is 25.2 Å². The zero-order valence-electron chi connectivity index (χ0n) is 13.2. The van der Waals surface area contributed by atoms with Crippen LogP contribution in [0.25, 0.3) is 0 Å². The smallest absolute Gasteiger partial charge is 0.187 e. The van der Waals surface area contributed by atoms with E-state index in [0.717, 1.165) is 11.4 Å². The molecule has 0 saturated carbocycles. The van der Waals surface area contributed by atoms with Crippen LogP contribution < -0.4 is 5.32 Å². The summed E-state index contributed by atoms with van der Waals surface area (Å²) in [6.07, 6.45) is 1.64. The van der Waals surface area contributed by atoms with Gasteiger partial charge in [0.05, 0.1) is 5.69 Å². The van der Waals surface area contributed by atoms with Gasteiger partial charge in [0.25, 0.3) is 0 Å². The summed E-state index contributed by atoms with van der Waals surface area (Å²) in [4.78, 5) is 13.4. The molecule has 0 heterocycles. The van der Waals surface area contributed by atoms with Gasteiger partial charge in [-0.15, -0.1) is 11.8 Å². The molecule has 0 saturated heterocycles. The summed E-state index contributed by atoms with van der Waals surface area (Å²) < 4.78 is 0. The summed E-state index contributed by atoms with van der Waals surface area (Å²) in [5.74, 6) is 0.0135. The third-order valence-electron chi connectivity index (χ3n) is 2.99. The molecule has 2 aromatic rings. The van der Waals surface area contributed by atoms with Gasteiger partial charge in [-0.3, -0.25) is 4.79 Å². The number of carbonyl (C=O) groups excluding carboxylic acids is 1. The lowest BCUT2D eigenvalue weighted by atomic mass is 10.1. The maximum absolute atomic E-state index is 12.2. The third kappa shape index (κ3) is 4.78. The molecular weight excluding hydrogens is 290 g/mol. The van der Waals surface area contributed by atoms with Crippen LogP contribution in [0.1, 0.15) is 31.1 Å². The van der Waals surface area contributed by atoms with Crippen molar-refractivity contribution in [3.05, 3.63) is 71.9 Å². The summed E-state index contributed by atoms with van der Waals surface area (Å²) >= 11 is 1.81. The second-order valence-electron chi connectivity index (χ2n) is 5.35. The Morgan fingerprint density at radius 1 is 1.05 bits per heavy atom. The van der Waals surface area contributed by atoms with Crippen LogP contribution in [0.2, 0.25) is 0 Å². The van der Waals surface area contributed by atoms with Crippen molar-refractivity contribution < 1.29 is 4.79 Å². The van der Waals surface area contributed by atoms with Gasteiger partial charge in [-0.25, -0.2) is 0 Å². The van der Waals surface area contributed by atoms with E-state index in [9.17, 15) is 4.79 Å². The van der Waals surface area contributed by atoms with E-state index < -0.39 is 0 Å². The molecule has 2 nitrogen and oxygen atoms in total. The minimum atomic E-state index is 0.0135. The first-order valence-electron chi connectivity index (χ1n) is 7.36. The van der Waals surface area contributed by atoms with Crippen molar-refractivity contribution in [1.29, 1.82) is 0 Å². The highest BCUT2D eigenvalue weighted by Crippen LogP contribution is 2.30. The Bertz CT molecular complexity index is 662. The number of allylic oxidation sites excluding steroid dienone is 2. The largest absolute Gasteiger partial charge is 0.358 e. The lowest BCUT2D eigenvalue weighted by Crippen LogP contribution is -2.02. The van der Waals surface area contributed by atoms with Gasteiger partial charge < -0.3 is 5.32 Å². The van der Waals surface area contributed by atoms with E-state index in [1.807, 2.05) is 67.2 Å². The Morgan fingerprint density at radius 3 is 2.36 bits per heavy atom.